The maximum absolute atomic E-state index is 10.7. The molecule has 0 aliphatic carbocycles. The topological polar surface area (TPSA) is 43.8 Å². The van der Waals surface area contributed by atoms with Crippen LogP contribution in [-0.4, -0.2) is 60.1 Å². The Labute approximate surface area is 120 Å². The fraction of sp³-hybridized carbons (Fsp3) is 0.438. The molecule has 4 nitrogen and oxygen atoms in total. The van der Waals surface area contributed by atoms with E-state index in [0.29, 0.717) is 0 Å². The molecule has 0 aromatic heterocycles. The molecule has 1 aromatic carbocycles. The van der Waals surface area contributed by atoms with Gasteiger partial charge in [0.05, 0.1) is 13.1 Å². The van der Waals surface area contributed by atoms with E-state index in [0.717, 1.165) is 44.7 Å². The summed E-state index contributed by atoms with van der Waals surface area (Å²) in [4.78, 5) is 15.0. The summed E-state index contributed by atoms with van der Waals surface area (Å²) in [6.07, 6.45) is 1.00. The van der Waals surface area contributed by atoms with Gasteiger partial charge in [-0.25, -0.2) is 0 Å². The smallest absolute Gasteiger partial charge is 0.317 e. The van der Waals surface area contributed by atoms with Gasteiger partial charge in [-0.1, -0.05) is 30.0 Å². The van der Waals surface area contributed by atoms with Crippen molar-refractivity contribution in [3.05, 3.63) is 35.9 Å². The van der Waals surface area contributed by atoms with E-state index in [4.69, 9.17) is 5.11 Å². The summed E-state index contributed by atoms with van der Waals surface area (Å²) in [5.41, 5.74) is 1.04. The van der Waals surface area contributed by atoms with Crippen LogP contribution in [0.25, 0.3) is 0 Å². The fourth-order valence-electron chi connectivity index (χ4n) is 2.31. The molecule has 20 heavy (non-hydrogen) atoms. The number of hydrogen-bond donors (Lipinski definition) is 1. The molecular formula is C16H20N2O2. The lowest BCUT2D eigenvalue weighted by molar-refractivity contribution is -0.138. The van der Waals surface area contributed by atoms with E-state index >= 15 is 0 Å². The lowest BCUT2D eigenvalue weighted by Crippen LogP contribution is -2.34. The average molecular weight is 272 g/mol. The summed E-state index contributed by atoms with van der Waals surface area (Å²) >= 11 is 0. The monoisotopic (exact) mass is 272 g/mol. The number of carboxylic acid groups (broad SMARTS) is 1. The van der Waals surface area contributed by atoms with Gasteiger partial charge in [0.25, 0.3) is 0 Å². The lowest BCUT2D eigenvalue weighted by Gasteiger charge is -2.18. The molecule has 0 spiro atoms. The predicted octanol–water partition coefficient (Wildman–Crippen LogP) is 1.13. The van der Waals surface area contributed by atoms with Crippen LogP contribution in [0.5, 0.6) is 0 Å². The third kappa shape index (κ3) is 5.04. The van der Waals surface area contributed by atoms with E-state index in [1.54, 1.807) is 0 Å². The first-order valence-electron chi connectivity index (χ1n) is 6.94. The van der Waals surface area contributed by atoms with Crippen molar-refractivity contribution in [2.24, 2.45) is 0 Å². The molecule has 0 saturated carbocycles. The number of hydrogen-bond acceptors (Lipinski definition) is 3. The second kappa shape index (κ2) is 7.68. The third-order valence-corrected chi connectivity index (χ3v) is 3.35. The van der Waals surface area contributed by atoms with Crippen molar-refractivity contribution >= 4 is 5.97 Å². The molecule has 0 bridgehead atoms. The van der Waals surface area contributed by atoms with Crippen LogP contribution in [-0.2, 0) is 4.79 Å². The standard InChI is InChI=1S/C16H20N2O2/c19-16(20)14-18-11-5-10-17(12-13-18)9-4-8-15-6-2-1-3-7-15/h1-3,6-7H,5,9-14H2,(H,19,20). The summed E-state index contributed by atoms with van der Waals surface area (Å²) in [5, 5.41) is 8.81. The van der Waals surface area contributed by atoms with Gasteiger partial charge in [-0.15, -0.1) is 0 Å². The highest BCUT2D eigenvalue weighted by Gasteiger charge is 2.15. The zero-order valence-corrected chi connectivity index (χ0v) is 11.6. The first-order valence-corrected chi connectivity index (χ1v) is 6.94. The Kier molecular flexibility index (Phi) is 5.60. The molecular weight excluding hydrogens is 252 g/mol. The van der Waals surface area contributed by atoms with E-state index in [2.05, 4.69) is 16.7 Å². The normalized spacial score (nSPS) is 17.0. The first-order chi connectivity index (χ1) is 9.74. The van der Waals surface area contributed by atoms with Crippen LogP contribution < -0.4 is 0 Å². The van der Waals surface area contributed by atoms with E-state index in [9.17, 15) is 4.79 Å². The highest BCUT2D eigenvalue weighted by Crippen LogP contribution is 2.02. The largest absolute Gasteiger partial charge is 0.480 e. The van der Waals surface area contributed by atoms with Crippen molar-refractivity contribution in [3.8, 4) is 11.8 Å². The predicted molar refractivity (Wildman–Crippen MR) is 78.5 cm³/mol. The molecule has 0 unspecified atom stereocenters. The number of benzene rings is 1. The SMILES string of the molecule is O=C(O)CN1CCCN(CC#Cc2ccccc2)CC1. The number of rotatable bonds is 3. The van der Waals surface area contributed by atoms with Crippen molar-refractivity contribution in [1.82, 2.24) is 9.80 Å². The van der Waals surface area contributed by atoms with Crippen LogP contribution in [0.1, 0.15) is 12.0 Å². The summed E-state index contributed by atoms with van der Waals surface area (Å²) in [7, 11) is 0. The summed E-state index contributed by atoms with van der Waals surface area (Å²) in [6.45, 7) is 4.42. The Balaban J connectivity index is 1.80. The van der Waals surface area contributed by atoms with Crippen molar-refractivity contribution in [2.45, 2.75) is 6.42 Å². The molecule has 1 aromatic rings. The van der Waals surface area contributed by atoms with Crippen molar-refractivity contribution in [1.29, 1.82) is 0 Å². The molecule has 0 atom stereocenters. The molecule has 1 aliphatic rings. The number of carboxylic acids is 1. The van der Waals surface area contributed by atoms with Gasteiger partial charge in [0.2, 0.25) is 0 Å². The molecule has 1 heterocycles. The second-order valence-electron chi connectivity index (χ2n) is 4.97. The van der Waals surface area contributed by atoms with Gasteiger partial charge in [0.15, 0.2) is 0 Å². The minimum absolute atomic E-state index is 0.142. The number of aliphatic carboxylic acids is 1. The van der Waals surface area contributed by atoms with E-state index in [1.165, 1.54) is 0 Å². The molecule has 1 fully saturated rings. The fourth-order valence-corrected chi connectivity index (χ4v) is 2.31. The Bertz CT molecular complexity index is 490. The third-order valence-electron chi connectivity index (χ3n) is 3.35. The number of nitrogens with zero attached hydrogens (tertiary/aromatic N) is 2. The summed E-state index contributed by atoms with van der Waals surface area (Å²) in [6, 6.07) is 9.96. The zero-order valence-electron chi connectivity index (χ0n) is 11.6. The molecule has 4 heteroatoms. The molecule has 1 aliphatic heterocycles. The Hall–Kier alpha value is -1.83. The Morgan fingerprint density at radius 1 is 1.10 bits per heavy atom. The van der Waals surface area contributed by atoms with E-state index in [-0.39, 0.29) is 6.54 Å². The van der Waals surface area contributed by atoms with Gasteiger partial charge < -0.3 is 5.11 Å². The molecule has 0 radical (unpaired) electrons. The van der Waals surface area contributed by atoms with Crippen LogP contribution in [0.2, 0.25) is 0 Å². The van der Waals surface area contributed by atoms with Gasteiger partial charge in [0.1, 0.15) is 0 Å². The van der Waals surface area contributed by atoms with Crippen molar-refractivity contribution in [3.63, 3.8) is 0 Å². The van der Waals surface area contributed by atoms with Crippen LogP contribution >= 0.6 is 0 Å². The van der Waals surface area contributed by atoms with E-state index in [1.807, 2.05) is 35.2 Å². The molecule has 1 saturated heterocycles. The molecule has 2 rings (SSSR count). The van der Waals surface area contributed by atoms with Crippen LogP contribution in [0, 0.1) is 11.8 Å². The van der Waals surface area contributed by atoms with Gasteiger partial charge >= 0.3 is 5.97 Å². The van der Waals surface area contributed by atoms with Crippen LogP contribution in [0.3, 0.4) is 0 Å². The van der Waals surface area contributed by atoms with Gasteiger partial charge in [-0.3, -0.25) is 14.6 Å². The molecule has 106 valence electrons. The summed E-state index contributed by atoms with van der Waals surface area (Å²) in [5.74, 6) is 5.60. The second-order valence-corrected chi connectivity index (χ2v) is 4.97. The zero-order chi connectivity index (χ0) is 14.2. The Morgan fingerprint density at radius 2 is 1.80 bits per heavy atom. The van der Waals surface area contributed by atoms with Crippen LogP contribution in [0.4, 0.5) is 0 Å². The minimum atomic E-state index is -0.748. The average Bonchev–Trinajstić information content (AvgIpc) is 2.65. The highest BCUT2D eigenvalue weighted by atomic mass is 16.4. The highest BCUT2D eigenvalue weighted by molar-refractivity contribution is 5.69. The molecule has 1 N–H and O–H groups in total. The van der Waals surface area contributed by atoms with Crippen LogP contribution in [0.15, 0.2) is 30.3 Å². The molecule has 0 amide bonds. The van der Waals surface area contributed by atoms with Gasteiger partial charge in [-0.2, -0.15) is 0 Å². The summed E-state index contributed by atoms with van der Waals surface area (Å²) < 4.78 is 0. The van der Waals surface area contributed by atoms with E-state index < -0.39 is 5.97 Å². The lowest BCUT2D eigenvalue weighted by atomic mass is 10.2. The Morgan fingerprint density at radius 3 is 2.55 bits per heavy atom. The maximum atomic E-state index is 10.7. The maximum Gasteiger partial charge on any atom is 0.317 e. The van der Waals surface area contributed by atoms with Gasteiger partial charge in [-0.05, 0) is 18.6 Å². The number of carbonyl (C=O) groups is 1. The first kappa shape index (κ1) is 14.6. The van der Waals surface area contributed by atoms with Crippen molar-refractivity contribution < 1.29 is 9.90 Å². The van der Waals surface area contributed by atoms with Gasteiger partial charge in [0, 0.05) is 31.7 Å². The quantitative estimate of drug-likeness (QED) is 0.838. The van der Waals surface area contributed by atoms with Crippen molar-refractivity contribution in [2.75, 3.05) is 39.3 Å². The minimum Gasteiger partial charge on any atom is -0.480 e.